The average Bonchev–Trinajstić information content (AvgIpc) is 2.18. The van der Waals surface area contributed by atoms with E-state index in [1.54, 1.807) is 0 Å². The minimum Gasteiger partial charge on any atom is -0.388 e. The molecule has 0 saturated heterocycles. The van der Waals surface area contributed by atoms with Crippen LogP contribution in [0.1, 0.15) is 12.5 Å². The number of nitrogens with two attached hydrogens (primary N) is 1. The number of nitrogens with zero attached hydrogens (tertiary/aromatic N) is 1. The number of hydrogen-bond donors (Lipinski definition) is 2. The Kier molecular flexibility index (Phi) is 4.59. The Hall–Kier alpha value is -1.06. The maximum atomic E-state index is 9.11. The monoisotopic (exact) mass is 209 g/mol. The van der Waals surface area contributed by atoms with Gasteiger partial charge in [-0.3, -0.25) is 0 Å². The number of aliphatic hydroxyl groups is 1. The first-order valence-corrected chi connectivity index (χ1v) is 5.35. The Morgan fingerprint density at radius 3 is 2.33 bits per heavy atom. The van der Waals surface area contributed by atoms with Gasteiger partial charge >= 0.3 is 0 Å². The molecule has 0 aliphatic heterocycles. The van der Waals surface area contributed by atoms with E-state index in [0.29, 0.717) is 0 Å². The van der Waals surface area contributed by atoms with E-state index in [9.17, 15) is 0 Å². The topological polar surface area (TPSA) is 40.1 Å². The molecular weight excluding hydrogens is 188 g/mol. The second-order valence-electron chi connectivity index (χ2n) is 4.14. The van der Waals surface area contributed by atoms with Crippen molar-refractivity contribution in [3.05, 3.63) is 29.8 Å². The first kappa shape index (κ1) is 12.0. The zero-order chi connectivity index (χ0) is 11.3. The molecule has 84 valence electrons. The van der Waals surface area contributed by atoms with Crippen molar-refractivity contribution in [2.75, 3.05) is 25.5 Å². The number of aliphatic hydroxyl groups excluding tert-OH is 1. The van der Waals surface area contributed by atoms with Gasteiger partial charge in [-0.2, -0.15) is 0 Å². The van der Waals surface area contributed by atoms with Crippen LogP contribution in [0.25, 0.3) is 0 Å². The Labute approximate surface area is 91.7 Å². The highest BCUT2D eigenvalue weighted by atomic mass is 16.3. The van der Waals surface area contributed by atoms with Gasteiger partial charge in [0.2, 0.25) is 0 Å². The van der Waals surface area contributed by atoms with Crippen LogP contribution in [-0.2, 0) is 6.54 Å². The molecule has 3 N–H and O–H groups in total. The van der Waals surface area contributed by atoms with Crippen LogP contribution in [-0.4, -0.2) is 31.9 Å². The van der Waals surface area contributed by atoms with Crippen molar-refractivity contribution in [2.45, 2.75) is 19.6 Å². The van der Waals surface area contributed by atoms with Crippen molar-refractivity contribution in [1.29, 1.82) is 0 Å². The van der Waals surface area contributed by atoms with Crippen molar-refractivity contribution in [3.63, 3.8) is 0 Å². The van der Waals surface area contributed by atoms with Crippen LogP contribution < -0.4 is 10.2 Å². The van der Waals surface area contributed by atoms with Crippen LogP contribution in [0.2, 0.25) is 0 Å². The molecule has 3 heteroatoms. The molecule has 3 nitrogen and oxygen atoms in total. The summed E-state index contributed by atoms with van der Waals surface area (Å²) in [5.41, 5.74) is 2.51. The van der Waals surface area contributed by atoms with Crippen LogP contribution in [0.5, 0.6) is 0 Å². The summed E-state index contributed by atoms with van der Waals surface area (Å²) in [5, 5.41) is 11.2. The molecule has 0 aliphatic rings. The van der Waals surface area contributed by atoms with Crippen LogP contribution in [0.15, 0.2) is 24.3 Å². The summed E-state index contributed by atoms with van der Waals surface area (Å²) in [6.45, 7) is 3.50. The van der Waals surface area contributed by atoms with Crippen molar-refractivity contribution >= 4 is 5.69 Å². The molecule has 0 saturated carbocycles. The van der Waals surface area contributed by atoms with Gasteiger partial charge in [-0.15, -0.1) is 0 Å². The Morgan fingerprint density at radius 2 is 1.87 bits per heavy atom. The lowest BCUT2D eigenvalue weighted by Crippen LogP contribution is -2.84. The van der Waals surface area contributed by atoms with E-state index >= 15 is 0 Å². The van der Waals surface area contributed by atoms with Gasteiger partial charge in [-0.05, 0) is 19.1 Å². The molecule has 0 aliphatic carbocycles. The number of quaternary nitrogens is 1. The maximum Gasteiger partial charge on any atom is 0.102 e. The van der Waals surface area contributed by atoms with Crippen LogP contribution >= 0.6 is 0 Å². The standard InChI is InChI=1S/C12H20N2O/c1-10(15)8-13-9-11-4-6-12(7-5-11)14(2)3/h4-7,10,13,15H,8-9H2,1-3H3/p+1/t10-/m0/s1. The maximum absolute atomic E-state index is 9.11. The third kappa shape index (κ3) is 4.32. The lowest BCUT2D eigenvalue weighted by molar-refractivity contribution is -0.676. The van der Waals surface area contributed by atoms with Gasteiger partial charge in [0.05, 0.1) is 6.10 Å². The minimum absolute atomic E-state index is 0.231. The molecule has 1 atom stereocenters. The van der Waals surface area contributed by atoms with Gasteiger partial charge in [0.15, 0.2) is 0 Å². The largest absolute Gasteiger partial charge is 0.388 e. The van der Waals surface area contributed by atoms with Gasteiger partial charge in [0.25, 0.3) is 0 Å². The summed E-state index contributed by atoms with van der Waals surface area (Å²) in [7, 11) is 4.07. The van der Waals surface area contributed by atoms with E-state index in [1.165, 1.54) is 11.3 Å². The quantitative estimate of drug-likeness (QED) is 0.727. The van der Waals surface area contributed by atoms with Gasteiger partial charge in [-0.1, -0.05) is 12.1 Å². The smallest absolute Gasteiger partial charge is 0.102 e. The van der Waals surface area contributed by atoms with E-state index in [1.807, 2.05) is 21.0 Å². The molecule has 0 spiro atoms. The Bertz CT molecular complexity index is 280. The van der Waals surface area contributed by atoms with E-state index in [0.717, 1.165) is 13.1 Å². The highest BCUT2D eigenvalue weighted by Gasteiger charge is 2.00. The third-order valence-corrected chi connectivity index (χ3v) is 2.34. The second kappa shape index (κ2) is 5.73. The number of hydrogen-bond acceptors (Lipinski definition) is 2. The molecular formula is C12H21N2O+. The van der Waals surface area contributed by atoms with Gasteiger partial charge in [-0.25, -0.2) is 0 Å². The van der Waals surface area contributed by atoms with Crippen LogP contribution in [0.3, 0.4) is 0 Å². The average molecular weight is 209 g/mol. The number of rotatable bonds is 5. The van der Waals surface area contributed by atoms with Gasteiger partial charge in [0, 0.05) is 25.3 Å². The summed E-state index contributed by atoms with van der Waals surface area (Å²) in [4.78, 5) is 2.09. The zero-order valence-electron chi connectivity index (χ0n) is 9.77. The third-order valence-electron chi connectivity index (χ3n) is 2.34. The molecule has 1 aromatic rings. The summed E-state index contributed by atoms with van der Waals surface area (Å²) >= 11 is 0. The minimum atomic E-state index is -0.231. The summed E-state index contributed by atoms with van der Waals surface area (Å²) < 4.78 is 0. The summed E-state index contributed by atoms with van der Waals surface area (Å²) in [6.07, 6.45) is -0.231. The number of benzene rings is 1. The lowest BCUT2D eigenvalue weighted by Gasteiger charge is -2.12. The van der Waals surface area contributed by atoms with Crippen molar-refractivity contribution in [1.82, 2.24) is 0 Å². The van der Waals surface area contributed by atoms with E-state index in [4.69, 9.17) is 5.11 Å². The van der Waals surface area contributed by atoms with Gasteiger partial charge in [0.1, 0.15) is 13.1 Å². The molecule has 0 fully saturated rings. The van der Waals surface area contributed by atoms with E-state index in [2.05, 4.69) is 34.5 Å². The highest BCUT2D eigenvalue weighted by Crippen LogP contribution is 2.11. The van der Waals surface area contributed by atoms with Crippen molar-refractivity contribution in [2.24, 2.45) is 0 Å². The SMILES string of the molecule is C[C@H](O)C[NH2+]Cc1ccc(N(C)C)cc1. The van der Waals surface area contributed by atoms with Crippen molar-refractivity contribution in [3.8, 4) is 0 Å². The number of anilines is 1. The molecule has 0 aromatic heterocycles. The van der Waals surface area contributed by atoms with E-state index < -0.39 is 0 Å². The molecule has 15 heavy (non-hydrogen) atoms. The summed E-state index contributed by atoms with van der Waals surface area (Å²) in [5.74, 6) is 0. The second-order valence-corrected chi connectivity index (χ2v) is 4.14. The van der Waals surface area contributed by atoms with Crippen LogP contribution in [0.4, 0.5) is 5.69 Å². The fourth-order valence-corrected chi connectivity index (χ4v) is 1.42. The lowest BCUT2D eigenvalue weighted by atomic mass is 10.2. The van der Waals surface area contributed by atoms with Crippen LogP contribution in [0, 0.1) is 0 Å². The Morgan fingerprint density at radius 1 is 1.27 bits per heavy atom. The highest BCUT2D eigenvalue weighted by molar-refractivity contribution is 5.45. The fraction of sp³-hybridized carbons (Fsp3) is 0.500. The molecule has 0 radical (unpaired) electrons. The zero-order valence-corrected chi connectivity index (χ0v) is 9.77. The normalized spacial score (nSPS) is 12.5. The summed E-state index contributed by atoms with van der Waals surface area (Å²) in [6, 6.07) is 8.50. The Balaban J connectivity index is 2.43. The van der Waals surface area contributed by atoms with Gasteiger partial charge < -0.3 is 15.3 Å². The molecule has 1 aromatic carbocycles. The predicted molar refractivity (Wildman–Crippen MR) is 62.9 cm³/mol. The molecule has 0 unspecified atom stereocenters. The first-order valence-electron chi connectivity index (χ1n) is 5.35. The molecule has 0 amide bonds. The predicted octanol–water partition coefficient (Wildman–Crippen LogP) is 0.197. The fourth-order valence-electron chi connectivity index (χ4n) is 1.42. The van der Waals surface area contributed by atoms with Crippen molar-refractivity contribution < 1.29 is 10.4 Å². The first-order chi connectivity index (χ1) is 7.09. The molecule has 0 heterocycles. The van der Waals surface area contributed by atoms with E-state index in [-0.39, 0.29) is 6.10 Å². The molecule has 0 bridgehead atoms. The molecule has 1 rings (SSSR count).